The molecule has 0 fully saturated rings. The van der Waals surface area contributed by atoms with Gasteiger partial charge in [0.1, 0.15) is 5.82 Å². The van der Waals surface area contributed by atoms with Gasteiger partial charge in [-0.05, 0) is 12.1 Å². The number of hydrogen-bond acceptors (Lipinski definition) is 4. The van der Waals surface area contributed by atoms with Crippen LogP contribution >= 0.6 is 0 Å². The highest BCUT2D eigenvalue weighted by Crippen LogP contribution is 2.16. The Morgan fingerprint density at radius 1 is 0.727 bits per heavy atom. The zero-order valence-electron chi connectivity index (χ0n) is 10.5. The van der Waals surface area contributed by atoms with Gasteiger partial charge in [-0.15, -0.1) is 0 Å². The van der Waals surface area contributed by atoms with Gasteiger partial charge in [-0.2, -0.15) is 4.39 Å². The number of nitro benzene ring substituents is 2. The van der Waals surface area contributed by atoms with Crippen LogP contribution in [0.1, 0.15) is 0 Å². The number of non-ortho nitro benzene ring substituents is 1. The van der Waals surface area contributed by atoms with Crippen molar-refractivity contribution in [1.82, 2.24) is 0 Å². The Kier molecular flexibility index (Phi) is 5.50. The standard InChI is InChI=1S/2C6H3F2NO2/c7-4-1-2-6(9(10)11)5(8)3-4;7-5-2-1-4(9(10)11)3-6(5)8/h2*1-3H. The molecule has 116 valence electrons. The summed E-state index contributed by atoms with van der Waals surface area (Å²) >= 11 is 0. The van der Waals surface area contributed by atoms with Gasteiger partial charge in [-0.1, -0.05) is 0 Å². The first-order valence-electron chi connectivity index (χ1n) is 5.41. The Labute approximate surface area is 119 Å². The van der Waals surface area contributed by atoms with E-state index in [2.05, 4.69) is 0 Å². The molecule has 6 nitrogen and oxygen atoms in total. The minimum Gasteiger partial charge on any atom is -0.258 e. The fourth-order valence-electron chi connectivity index (χ4n) is 1.23. The predicted octanol–water partition coefficient (Wildman–Crippen LogP) is 3.75. The molecule has 0 spiro atoms. The average molecular weight is 318 g/mol. The summed E-state index contributed by atoms with van der Waals surface area (Å²) in [7, 11) is 0. The van der Waals surface area contributed by atoms with E-state index in [9.17, 15) is 37.8 Å². The van der Waals surface area contributed by atoms with Gasteiger partial charge in [0.15, 0.2) is 11.6 Å². The molecule has 0 saturated carbocycles. The normalized spacial score (nSPS) is 9.64. The van der Waals surface area contributed by atoms with Gasteiger partial charge in [-0.25, -0.2) is 13.2 Å². The van der Waals surface area contributed by atoms with Gasteiger partial charge in [0.25, 0.3) is 5.69 Å². The summed E-state index contributed by atoms with van der Waals surface area (Å²) in [6, 6.07) is 4.24. The topological polar surface area (TPSA) is 86.3 Å². The second kappa shape index (κ2) is 7.11. The second-order valence-corrected chi connectivity index (χ2v) is 3.71. The number of nitrogens with zero attached hydrogens (tertiary/aromatic N) is 2. The van der Waals surface area contributed by atoms with E-state index in [1.54, 1.807) is 0 Å². The summed E-state index contributed by atoms with van der Waals surface area (Å²) in [6.45, 7) is 0. The van der Waals surface area contributed by atoms with Crippen molar-refractivity contribution < 1.29 is 27.4 Å². The lowest BCUT2D eigenvalue weighted by Crippen LogP contribution is -1.92. The van der Waals surface area contributed by atoms with Crippen LogP contribution in [0.2, 0.25) is 0 Å². The van der Waals surface area contributed by atoms with Crippen molar-refractivity contribution in [1.29, 1.82) is 0 Å². The molecule has 0 aromatic heterocycles. The zero-order valence-corrected chi connectivity index (χ0v) is 10.5. The summed E-state index contributed by atoms with van der Waals surface area (Å²) in [6.07, 6.45) is 0. The lowest BCUT2D eigenvalue weighted by molar-refractivity contribution is -0.387. The van der Waals surface area contributed by atoms with E-state index in [0.717, 1.165) is 18.2 Å². The zero-order chi connectivity index (χ0) is 16.9. The van der Waals surface area contributed by atoms with Crippen LogP contribution in [-0.2, 0) is 0 Å². The van der Waals surface area contributed by atoms with Gasteiger partial charge in [-0.3, -0.25) is 20.2 Å². The lowest BCUT2D eigenvalue weighted by atomic mass is 10.3. The Morgan fingerprint density at radius 2 is 1.36 bits per heavy atom. The highest BCUT2D eigenvalue weighted by Gasteiger charge is 2.13. The first kappa shape index (κ1) is 17.0. The maximum absolute atomic E-state index is 12.4. The molecule has 10 heteroatoms. The Bertz CT molecular complexity index is 724. The Morgan fingerprint density at radius 3 is 1.82 bits per heavy atom. The SMILES string of the molecule is O=[N+]([O-])c1ccc(F)c(F)c1.O=[N+]([O-])c1ccc(F)cc1F. The highest BCUT2D eigenvalue weighted by molar-refractivity contribution is 5.31. The molecule has 0 aliphatic carbocycles. The molecule has 0 atom stereocenters. The van der Waals surface area contributed by atoms with Crippen LogP contribution in [0.15, 0.2) is 36.4 Å². The molecule has 0 saturated heterocycles. The van der Waals surface area contributed by atoms with Crippen molar-refractivity contribution in [2.75, 3.05) is 0 Å². The summed E-state index contributed by atoms with van der Waals surface area (Å²) in [5, 5.41) is 20.0. The molecule has 0 unspecified atom stereocenters. The van der Waals surface area contributed by atoms with Crippen LogP contribution in [0.25, 0.3) is 0 Å². The molecular formula is C12H6F4N2O4. The second-order valence-electron chi connectivity index (χ2n) is 3.71. The number of rotatable bonds is 2. The quantitative estimate of drug-likeness (QED) is 0.479. The average Bonchev–Trinajstić information content (AvgIpc) is 2.41. The van der Waals surface area contributed by atoms with E-state index in [4.69, 9.17) is 0 Å². The molecule has 0 heterocycles. The molecule has 0 aliphatic heterocycles. The van der Waals surface area contributed by atoms with Crippen LogP contribution in [0.3, 0.4) is 0 Å². The molecule has 0 aliphatic rings. The first-order chi connectivity index (χ1) is 10.2. The third-order valence-corrected chi connectivity index (χ3v) is 2.22. The monoisotopic (exact) mass is 318 g/mol. The minimum absolute atomic E-state index is 0.455. The van der Waals surface area contributed by atoms with Crippen LogP contribution in [-0.4, -0.2) is 9.85 Å². The van der Waals surface area contributed by atoms with E-state index in [1.807, 2.05) is 0 Å². The molecule has 0 radical (unpaired) electrons. The van der Waals surface area contributed by atoms with E-state index in [-0.39, 0.29) is 0 Å². The molecule has 0 amide bonds. The fraction of sp³-hybridized carbons (Fsp3) is 0. The van der Waals surface area contributed by atoms with Gasteiger partial charge < -0.3 is 0 Å². The molecular weight excluding hydrogens is 312 g/mol. The van der Waals surface area contributed by atoms with Crippen molar-refractivity contribution >= 4 is 11.4 Å². The highest BCUT2D eigenvalue weighted by atomic mass is 19.2. The van der Waals surface area contributed by atoms with Gasteiger partial charge in [0.05, 0.1) is 15.9 Å². The fourth-order valence-corrected chi connectivity index (χ4v) is 1.23. The molecule has 0 bridgehead atoms. The Hall–Kier alpha value is -3.04. The van der Waals surface area contributed by atoms with E-state index in [1.165, 1.54) is 0 Å². The summed E-state index contributed by atoms with van der Waals surface area (Å²) in [4.78, 5) is 18.3. The Balaban J connectivity index is 0.000000220. The molecule has 2 aromatic rings. The van der Waals surface area contributed by atoms with Crippen LogP contribution in [0, 0.1) is 43.5 Å². The third-order valence-electron chi connectivity index (χ3n) is 2.22. The smallest absolute Gasteiger partial charge is 0.258 e. The number of halogens is 4. The van der Waals surface area contributed by atoms with Crippen molar-refractivity contribution in [3.8, 4) is 0 Å². The van der Waals surface area contributed by atoms with Crippen molar-refractivity contribution in [3.63, 3.8) is 0 Å². The summed E-state index contributed by atoms with van der Waals surface area (Å²) < 4.78 is 49.0. The predicted molar refractivity (Wildman–Crippen MR) is 66.0 cm³/mol. The van der Waals surface area contributed by atoms with Crippen molar-refractivity contribution in [3.05, 3.63) is 79.9 Å². The van der Waals surface area contributed by atoms with Gasteiger partial charge in [0, 0.05) is 18.2 Å². The molecule has 2 aromatic carbocycles. The molecule has 0 N–H and O–H groups in total. The van der Waals surface area contributed by atoms with Crippen LogP contribution in [0.4, 0.5) is 28.9 Å². The number of hydrogen-bond donors (Lipinski definition) is 0. The first-order valence-corrected chi connectivity index (χ1v) is 5.41. The molecule has 2 rings (SSSR count). The van der Waals surface area contributed by atoms with Gasteiger partial charge >= 0.3 is 5.69 Å². The van der Waals surface area contributed by atoms with Crippen molar-refractivity contribution in [2.24, 2.45) is 0 Å². The summed E-state index contributed by atoms with van der Waals surface area (Å²) in [5.74, 6) is -4.28. The van der Waals surface area contributed by atoms with E-state index < -0.39 is 44.5 Å². The van der Waals surface area contributed by atoms with Crippen molar-refractivity contribution in [2.45, 2.75) is 0 Å². The molecule has 22 heavy (non-hydrogen) atoms. The minimum atomic E-state index is -1.21. The largest absolute Gasteiger partial charge is 0.304 e. The number of benzene rings is 2. The maximum atomic E-state index is 12.4. The summed E-state index contributed by atoms with van der Waals surface area (Å²) in [5.41, 5.74) is -1.17. The van der Waals surface area contributed by atoms with Crippen LogP contribution in [0.5, 0.6) is 0 Å². The number of nitro groups is 2. The van der Waals surface area contributed by atoms with Gasteiger partial charge in [0.2, 0.25) is 5.82 Å². The third kappa shape index (κ3) is 4.51. The van der Waals surface area contributed by atoms with E-state index in [0.29, 0.717) is 18.2 Å². The van der Waals surface area contributed by atoms with E-state index >= 15 is 0 Å². The van der Waals surface area contributed by atoms with Crippen LogP contribution < -0.4 is 0 Å². The lowest BCUT2D eigenvalue weighted by Gasteiger charge is -1.91. The maximum Gasteiger partial charge on any atom is 0.304 e.